The summed E-state index contributed by atoms with van der Waals surface area (Å²) in [6.45, 7) is 2.87. The maximum absolute atomic E-state index is 5.39. The van der Waals surface area contributed by atoms with Gasteiger partial charge in [0.15, 0.2) is 16.7 Å². The van der Waals surface area contributed by atoms with Gasteiger partial charge in [0, 0.05) is 18.5 Å². The summed E-state index contributed by atoms with van der Waals surface area (Å²) in [5.74, 6) is 2.28. The van der Waals surface area contributed by atoms with Crippen molar-refractivity contribution in [3.05, 3.63) is 48.5 Å². The number of nitrogens with zero attached hydrogens (tertiary/aromatic N) is 4. The predicted octanol–water partition coefficient (Wildman–Crippen LogP) is 3.25. The van der Waals surface area contributed by atoms with E-state index in [9.17, 15) is 0 Å². The lowest BCUT2D eigenvalue weighted by molar-refractivity contribution is 0.567. The molecule has 0 fully saturated rings. The molecule has 0 aliphatic heterocycles. The Labute approximate surface area is 121 Å². The quantitative estimate of drug-likeness (QED) is 0.674. The third-order valence-electron chi connectivity index (χ3n) is 2.85. The van der Waals surface area contributed by atoms with Crippen LogP contribution in [0.5, 0.6) is 0 Å². The van der Waals surface area contributed by atoms with Crippen LogP contribution in [0.15, 0.2) is 52.4 Å². The molecule has 0 saturated heterocycles. The van der Waals surface area contributed by atoms with Gasteiger partial charge in [-0.05, 0) is 31.2 Å². The fraction of sp³-hybridized carbons (Fsp3) is 0.214. The molecule has 0 unspecified atom stereocenters. The standard InChI is InChI=1S/C14H14N4OS/c1-2-18-13(12-7-5-9-19-12)16-17-14(18)20-10-11-6-3-4-8-15-11/h3-9H,2,10H2,1H3. The smallest absolute Gasteiger partial charge is 0.200 e. The SMILES string of the molecule is CCn1c(SCc2ccccn2)nnc1-c1ccco1. The van der Waals surface area contributed by atoms with Crippen LogP contribution in [0.2, 0.25) is 0 Å². The van der Waals surface area contributed by atoms with Gasteiger partial charge in [-0.1, -0.05) is 17.8 Å². The zero-order valence-corrected chi connectivity index (χ0v) is 11.9. The van der Waals surface area contributed by atoms with Crippen LogP contribution in [0.25, 0.3) is 11.6 Å². The Morgan fingerprint density at radius 2 is 2.15 bits per heavy atom. The number of thioether (sulfide) groups is 1. The summed E-state index contributed by atoms with van der Waals surface area (Å²) in [5.41, 5.74) is 1.03. The molecule has 3 aromatic heterocycles. The Hall–Kier alpha value is -2.08. The van der Waals surface area contributed by atoms with Gasteiger partial charge in [-0.15, -0.1) is 10.2 Å². The Kier molecular flexibility index (Phi) is 3.83. The highest BCUT2D eigenvalue weighted by Crippen LogP contribution is 2.25. The van der Waals surface area contributed by atoms with Crippen LogP contribution in [0, 0.1) is 0 Å². The van der Waals surface area contributed by atoms with E-state index in [2.05, 4.69) is 22.1 Å². The zero-order valence-electron chi connectivity index (χ0n) is 11.1. The first-order valence-electron chi connectivity index (χ1n) is 6.38. The summed E-state index contributed by atoms with van der Waals surface area (Å²) in [6.07, 6.45) is 3.44. The summed E-state index contributed by atoms with van der Waals surface area (Å²) in [7, 11) is 0. The first kappa shape index (κ1) is 12.9. The summed E-state index contributed by atoms with van der Waals surface area (Å²) < 4.78 is 7.44. The van der Waals surface area contributed by atoms with Gasteiger partial charge < -0.3 is 4.42 Å². The Balaban J connectivity index is 1.80. The third kappa shape index (κ3) is 2.60. The molecule has 3 aromatic rings. The van der Waals surface area contributed by atoms with Crippen LogP contribution in [0.1, 0.15) is 12.6 Å². The molecule has 0 bridgehead atoms. The van der Waals surface area contributed by atoms with Crippen molar-refractivity contribution < 1.29 is 4.42 Å². The van der Waals surface area contributed by atoms with E-state index in [-0.39, 0.29) is 0 Å². The minimum absolute atomic E-state index is 0.740. The lowest BCUT2D eigenvalue weighted by Gasteiger charge is -2.05. The molecule has 0 saturated carbocycles. The highest BCUT2D eigenvalue weighted by molar-refractivity contribution is 7.98. The zero-order chi connectivity index (χ0) is 13.8. The van der Waals surface area contributed by atoms with E-state index < -0.39 is 0 Å². The minimum atomic E-state index is 0.740. The molecule has 102 valence electrons. The van der Waals surface area contributed by atoms with Gasteiger partial charge in [0.2, 0.25) is 0 Å². The van der Waals surface area contributed by atoms with Gasteiger partial charge in [-0.3, -0.25) is 9.55 Å². The summed E-state index contributed by atoms with van der Waals surface area (Å²) in [5, 5.41) is 9.35. The second-order valence-electron chi connectivity index (χ2n) is 4.14. The molecule has 20 heavy (non-hydrogen) atoms. The lowest BCUT2D eigenvalue weighted by atomic mass is 10.4. The molecule has 0 amide bonds. The van der Waals surface area contributed by atoms with E-state index >= 15 is 0 Å². The van der Waals surface area contributed by atoms with Gasteiger partial charge in [-0.25, -0.2) is 0 Å². The molecular weight excluding hydrogens is 272 g/mol. The van der Waals surface area contributed by atoms with Crippen LogP contribution in [-0.2, 0) is 12.3 Å². The average molecular weight is 286 g/mol. The van der Waals surface area contributed by atoms with E-state index in [0.717, 1.165) is 34.7 Å². The monoisotopic (exact) mass is 286 g/mol. The molecule has 0 radical (unpaired) electrons. The highest BCUT2D eigenvalue weighted by atomic mass is 32.2. The van der Waals surface area contributed by atoms with Crippen LogP contribution >= 0.6 is 11.8 Å². The second kappa shape index (κ2) is 5.92. The van der Waals surface area contributed by atoms with E-state index in [4.69, 9.17) is 4.42 Å². The predicted molar refractivity (Wildman–Crippen MR) is 77.2 cm³/mol. The topological polar surface area (TPSA) is 56.7 Å². The molecule has 0 aromatic carbocycles. The second-order valence-corrected chi connectivity index (χ2v) is 5.08. The van der Waals surface area contributed by atoms with Gasteiger partial charge >= 0.3 is 0 Å². The van der Waals surface area contributed by atoms with E-state index in [1.807, 2.05) is 34.9 Å². The van der Waals surface area contributed by atoms with Gasteiger partial charge in [-0.2, -0.15) is 0 Å². The Morgan fingerprint density at radius 3 is 2.85 bits per heavy atom. The largest absolute Gasteiger partial charge is 0.461 e. The summed E-state index contributed by atoms with van der Waals surface area (Å²) in [6, 6.07) is 9.65. The number of pyridine rings is 1. The van der Waals surface area contributed by atoms with Crippen molar-refractivity contribution in [3.8, 4) is 11.6 Å². The van der Waals surface area contributed by atoms with Crippen LogP contribution in [-0.4, -0.2) is 19.7 Å². The Morgan fingerprint density at radius 1 is 1.20 bits per heavy atom. The first-order chi connectivity index (χ1) is 9.88. The van der Waals surface area contributed by atoms with Crippen molar-refractivity contribution in [2.75, 3.05) is 0 Å². The van der Waals surface area contributed by atoms with Crippen molar-refractivity contribution in [3.63, 3.8) is 0 Å². The molecule has 5 nitrogen and oxygen atoms in total. The number of furan rings is 1. The maximum Gasteiger partial charge on any atom is 0.200 e. The van der Waals surface area contributed by atoms with Crippen LogP contribution < -0.4 is 0 Å². The fourth-order valence-electron chi connectivity index (χ4n) is 1.89. The van der Waals surface area contributed by atoms with Gasteiger partial charge in [0.25, 0.3) is 0 Å². The molecule has 0 spiro atoms. The molecule has 0 N–H and O–H groups in total. The van der Waals surface area contributed by atoms with Crippen molar-refractivity contribution in [1.82, 2.24) is 19.7 Å². The molecule has 0 atom stereocenters. The summed E-state index contributed by atoms with van der Waals surface area (Å²) in [4.78, 5) is 4.31. The minimum Gasteiger partial charge on any atom is -0.461 e. The molecular formula is C14H14N4OS. The molecule has 0 aliphatic rings. The first-order valence-corrected chi connectivity index (χ1v) is 7.37. The van der Waals surface area contributed by atoms with Gasteiger partial charge in [0.1, 0.15) is 0 Å². The summed E-state index contributed by atoms with van der Waals surface area (Å²) >= 11 is 1.63. The fourth-order valence-corrected chi connectivity index (χ4v) is 2.81. The lowest BCUT2D eigenvalue weighted by Crippen LogP contribution is -1.99. The van der Waals surface area contributed by atoms with Crippen molar-refractivity contribution in [1.29, 1.82) is 0 Å². The molecule has 3 rings (SSSR count). The molecule has 3 heterocycles. The normalized spacial score (nSPS) is 10.8. The number of hydrogen-bond acceptors (Lipinski definition) is 5. The van der Waals surface area contributed by atoms with Crippen LogP contribution in [0.3, 0.4) is 0 Å². The number of aromatic nitrogens is 4. The van der Waals surface area contributed by atoms with Crippen molar-refractivity contribution in [2.24, 2.45) is 0 Å². The third-order valence-corrected chi connectivity index (χ3v) is 3.85. The molecule has 0 aliphatic carbocycles. The maximum atomic E-state index is 5.39. The average Bonchev–Trinajstić information content (AvgIpc) is 3.14. The van der Waals surface area contributed by atoms with Crippen molar-refractivity contribution in [2.45, 2.75) is 24.4 Å². The highest BCUT2D eigenvalue weighted by Gasteiger charge is 2.15. The van der Waals surface area contributed by atoms with Gasteiger partial charge in [0.05, 0.1) is 12.0 Å². The molecule has 6 heteroatoms. The van der Waals surface area contributed by atoms with E-state index in [0.29, 0.717) is 0 Å². The number of rotatable bonds is 5. The Bertz CT molecular complexity index is 664. The van der Waals surface area contributed by atoms with E-state index in [1.165, 1.54) is 0 Å². The number of hydrogen-bond donors (Lipinski definition) is 0. The van der Waals surface area contributed by atoms with Crippen LogP contribution in [0.4, 0.5) is 0 Å². The van der Waals surface area contributed by atoms with Crippen molar-refractivity contribution >= 4 is 11.8 Å². The van der Waals surface area contributed by atoms with E-state index in [1.54, 1.807) is 24.2 Å².